The van der Waals surface area contributed by atoms with Gasteiger partial charge in [0, 0.05) is 5.56 Å². The van der Waals surface area contributed by atoms with Crippen LogP contribution in [0.15, 0.2) is 25.9 Å². The number of ether oxygens (including phenoxy) is 1. The number of aromatic nitrogens is 2. The molecule has 0 amide bonds. The molecule has 0 fully saturated rings. The van der Waals surface area contributed by atoms with E-state index in [2.05, 4.69) is 41.8 Å². The van der Waals surface area contributed by atoms with Crippen LogP contribution in [0.2, 0.25) is 0 Å². The van der Waals surface area contributed by atoms with Gasteiger partial charge in [-0.1, -0.05) is 6.92 Å². The molecular formula is C13H12Br2N2O3. The molecule has 2 aromatic rings. The summed E-state index contributed by atoms with van der Waals surface area (Å²) in [4.78, 5) is 19.0. The zero-order valence-electron chi connectivity index (χ0n) is 10.8. The van der Waals surface area contributed by atoms with Gasteiger partial charge in [0.1, 0.15) is 10.3 Å². The van der Waals surface area contributed by atoms with E-state index < -0.39 is 0 Å². The van der Waals surface area contributed by atoms with E-state index in [1.807, 2.05) is 6.92 Å². The van der Waals surface area contributed by atoms with Gasteiger partial charge in [-0.15, -0.1) is 0 Å². The van der Waals surface area contributed by atoms with Crippen molar-refractivity contribution in [2.45, 2.75) is 13.3 Å². The van der Waals surface area contributed by atoms with Crippen molar-refractivity contribution < 1.29 is 9.84 Å². The number of aromatic amines is 1. The number of H-pyrrole nitrogens is 1. The maximum absolute atomic E-state index is 11.9. The van der Waals surface area contributed by atoms with Crippen molar-refractivity contribution in [3.63, 3.8) is 0 Å². The van der Waals surface area contributed by atoms with Crippen molar-refractivity contribution in [1.29, 1.82) is 0 Å². The first-order valence-corrected chi connectivity index (χ1v) is 7.42. The van der Waals surface area contributed by atoms with Gasteiger partial charge in [0.25, 0.3) is 5.56 Å². The molecule has 20 heavy (non-hydrogen) atoms. The zero-order chi connectivity index (χ0) is 14.9. The highest BCUT2D eigenvalue weighted by atomic mass is 79.9. The molecule has 0 radical (unpaired) electrons. The zero-order valence-corrected chi connectivity index (χ0v) is 14.0. The van der Waals surface area contributed by atoms with Crippen LogP contribution in [0.3, 0.4) is 0 Å². The summed E-state index contributed by atoms with van der Waals surface area (Å²) in [7, 11) is 1.46. The minimum absolute atomic E-state index is 0.00595. The average Bonchev–Trinajstić information content (AvgIpc) is 2.44. The lowest BCUT2D eigenvalue weighted by Crippen LogP contribution is -2.13. The smallest absolute Gasteiger partial charge is 0.265 e. The van der Waals surface area contributed by atoms with Crippen LogP contribution in [0.1, 0.15) is 12.6 Å². The lowest BCUT2D eigenvalue weighted by Gasteiger charge is -2.09. The highest BCUT2D eigenvalue weighted by Crippen LogP contribution is 2.37. The Labute approximate surface area is 132 Å². The van der Waals surface area contributed by atoms with E-state index >= 15 is 0 Å². The SMILES string of the molecule is CCc1nc(-c2cc(Br)c(O)c(OC)c2)[nH]c(=O)c1Br. The predicted octanol–water partition coefficient (Wildman–Crippen LogP) is 3.24. The molecule has 0 atom stereocenters. The molecule has 5 nitrogen and oxygen atoms in total. The number of nitrogens with zero attached hydrogens (tertiary/aromatic N) is 1. The predicted molar refractivity (Wildman–Crippen MR) is 83.3 cm³/mol. The monoisotopic (exact) mass is 402 g/mol. The summed E-state index contributed by atoms with van der Waals surface area (Å²) < 4.78 is 6.00. The van der Waals surface area contributed by atoms with Crippen molar-refractivity contribution >= 4 is 31.9 Å². The first-order chi connectivity index (χ1) is 9.47. The van der Waals surface area contributed by atoms with E-state index in [9.17, 15) is 9.90 Å². The van der Waals surface area contributed by atoms with Crippen molar-refractivity contribution in [2.24, 2.45) is 0 Å². The summed E-state index contributed by atoms with van der Waals surface area (Å²) in [5, 5.41) is 9.80. The number of hydrogen-bond donors (Lipinski definition) is 2. The molecule has 0 saturated carbocycles. The van der Waals surface area contributed by atoms with Gasteiger partial charge in [0.2, 0.25) is 0 Å². The van der Waals surface area contributed by atoms with Gasteiger partial charge in [0.05, 0.1) is 17.3 Å². The number of phenolic OH excluding ortho intramolecular Hbond substituents is 1. The number of nitrogens with one attached hydrogen (secondary N) is 1. The standard InChI is InChI=1S/C13H12Br2N2O3/c1-3-8-10(15)13(19)17-12(16-8)6-4-7(14)11(18)9(5-6)20-2/h4-5,18H,3H2,1-2H3,(H,16,17,19). The Balaban J connectivity index is 2.66. The summed E-state index contributed by atoms with van der Waals surface area (Å²) in [6.07, 6.45) is 0.633. The third-order valence-electron chi connectivity index (χ3n) is 2.79. The summed E-state index contributed by atoms with van der Waals surface area (Å²) in [5.41, 5.74) is 1.08. The second-order valence-electron chi connectivity index (χ2n) is 4.04. The van der Waals surface area contributed by atoms with Crippen LogP contribution in [0.5, 0.6) is 11.5 Å². The van der Waals surface area contributed by atoms with E-state index in [0.29, 0.717) is 38.2 Å². The first kappa shape index (κ1) is 15.1. The summed E-state index contributed by atoms with van der Waals surface area (Å²) in [6, 6.07) is 3.29. The van der Waals surface area contributed by atoms with Crippen LogP contribution in [0, 0.1) is 0 Å². The first-order valence-electron chi connectivity index (χ1n) is 5.83. The average molecular weight is 404 g/mol. The van der Waals surface area contributed by atoms with Crippen LogP contribution in [0.4, 0.5) is 0 Å². The molecule has 0 bridgehead atoms. The molecular weight excluding hydrogens is 392 g/mol. The number of aryl methyl sites for hydroxylation is 1. The fourth-order valence-corrected chi connectivity index (χ4v) is 2.65. The van der Waals surface area contributed by atoms with Gasteiger partial charge >= 0.3 is 0 Å². The van der Waals surface area contributed by atoms with Gasteiger partial charge < -0.3 is 14.8 Å². The van der Waals surface area contributed by atoms with E-state index in [0.717, 1.165) is 0 Å². The number of methoxy groups -OCH3 is 1. The van der Waals surface area contributed by atoms with Crippen LogP contribution >= 0.6 is 31.9 Å². The number of phenols is 1. The summed E-state index contributed by atoms with van der Waals surface area (Å²) in [5.74, 6) is 0.735. The molecule has 0 saturated heterocycles. The molecule has 1 aromatic carbocycles. The number of hydrogen-bond acceptors (Lipinski definition) is 4. The summed E-state index contributed by atoms with van der Waals surface area (Å²) >= 11 is 6.47. The fourth-order valence-electron chi connectivity index (χ4n) is 1.74. The largest absolute Gasteiger partial charge is 0.503 e. The lowest BCUT2D eigenvalue weighted by molar-refractivity contribution is 0.372. The molecule has 2 N–H and O–H groups in total. The third kappa shape index (κ3) is 2.73. The van der Waals surface area contributed by atoms with Gasteiger partial charge in [-0.2, -0.15) is 0 Å². The topological polar surface area (TPSA) is 75.2 Å². The lowest BCUT2D eigenvalue weighted by atomic mass is 10.2. The van der Waals surface area contributed by atoms with Crippen molar-refractivity contribution in [2.75, 3.05) is 7.11 Å². The molecule has 0 aliphatic rings. The molecule has 7 heteroatoms. The molecule has 1 aromatic heterocycles. The van der Waals surface area contributed by atoms with Crippen LogP contribution in [0.25, 0.3) is 11.4 Å². The molecule has 0 aliphatic heterocycles. The molecule has 1 heterocycles. The van der Waals surface area contributed by atoms with Crippen LogP contribution in [-0.4, -0.2) is 22.2 Å². The Hall–Kier alpha value is -1.34. The third-order valence-corrected chi connectivity index (χ3v) is 4.21. The number of benzene rings is 1. The molecule has 106 valence electrons. The van der Waals surface area contributed by atoms with Crippen molar-refractivity contribution in [1.82, 2.24) is 9.97 Å². The quantitative estimate of drug-likeness (QED) is 0.824. The maximum Gasteiger partial charge on any atom is 0.265 e. The maximum atomic E-state index is 11.9. The minimum atomic E-state index is -0.241. The Kier molecular flexibility index (Phi) is 4.49. The van der Waals surface area contributed by atoms with E-state index in [1.54, 1.807) is 12.1 Å². The van der Waals surface area contributed by atoms with Gasteiger partial charge in [-0.05, 0) is 50.4 Å². The second-order valence-corrected chi connectivity index (χ2v) is 5.69. The normalized spacial score (nSPS) is 10.6. The Morgan fingerprint density at radius 1 is 1.40 bits per heavy atom. The Bertz CT molecular complexity index is 713. The minimum Gasteiger partial charge on any atom is -0.503 e. The van der Waals surface area contributed by atoms with Crippen LogP contribution in [-0.2, 0) is 6.42 Å². The molecule has 0 aliphatic carbocycles. The van der Waals surface area contributed by atoms with Gasteiger partial charge in [-0.25, -0.2) is 4.98 Å². The highest BCUT2D eigenvalue weighted by Gasteiger charge is 2.13. The Morgan fingerprint density at radius 2 is 2.10 bits per heavy atom. The van der Waals surface area contributed by atoms with Crippen LogP contribution < -0.4 is 10.3 Å². The van der Waals surface area contributed by atoms with E-state index in [4.69, 9.17) is 4.74 Å². The van der Waals surface area contributed by atoms with E-state index in [1.165, 1.54) is 7.11 Å². The second kappa shape index (κ2) is 5.97. The van der Waals surface area contributed by atoms with E-state index in [-0.39, 0.29) is 11.3 Å². The van der Waals surface area contributed by atoms with Gasteiger partial charge in [-0.3, -0.25) is 4.79 Å². The molecule has 2 rings (SSSR count). The number of rotatable bonds is 3. The van der Waals surface area contributed by atoms with Gasteiger partial charge in [0.15, 0.2) is 11.5 Å². The van der Waals surface area contributed by atoms with Crippen molar-refractivity contribution in [3.8, 4) is 22.9 Å². The summed E-state index contributed by atoms with van der Waals surface area (Å²) in [6.45, 7) is 1.92. The fraction of sp³-hybridized carbons (Fsp3) is 0.231. The Morgan fingerprint density at radius 3 is 2.70 bits per heavy atom. The number of halogens is 2. The number of aromatic hydroxyl groups is 1. The molecule has 0 spiro atoms. The molecule has 0 unspecified atom stereocenters. The van der Waals surface area contributed by atoms with Crippen molar-refractivity contribution in [3.05, 3.63) is 37.1 Å². The highest BCUT2D eigenvalue weighted by molar-refractivity contribution is 9.10.